The molecule has 1 aromatic carbocycles. The quantitative estimate of drug-likeness (QED) is 0.723. The normalized spacial score (nSPS) is 21.9. The van der Waals surface area contributed by atoms with Crippen molar-refractivity contribution in [3.05, 3.63) is 22.7 Å². The predicted molar refractivity (Wildman–Crippen MR) is 82.0 cm³/mol. The minimum atomic E-state index is -0.247. The minimum Gasteiger partial charge on any atom is -0.496 e. The van der Waals surface area contributed by atoms with Gasteiger partial charge in [-0.05, 0) is 19.0 Å². The van der Waals surface area contributed by atoms with Crippen molar-refractivity contribution in [3.63, 3.8) is 0 Å². The van der Waals surface area contributed by atoms with Gasteiger partial charge in [-0.2, -0.15) is 0 Å². The third kappa shape index (κ3) is 3.58. The molecule has 2 rings (SSSR count). The van der Waals surface area contributed by atoms with E-state index >= 15 is 0 Å². The molecule has 2 atom stereocenters. The minimum absolute atomic E-state index is 0.0511. The highest BCUT2D eigenvalue weighted by molar-refractivity contribution is 6.33. The van der Waals surface area contributed by atoms with Crippen molar-refractivity contribution in [1.29, 1.82) is 0 Å². The molecule has 7 heteroatoms. The fourth-order valence-electron chi connectivity index (χ4n) is 2.40. The van der Waals surface area contributed by atoms with Crippen molar-refractivity contribution < 1.29 is 14.3 Å². The number of nitrogens with two attached hydrogens (primary N) is 1. The smallest absolute Gasteiger partial charge is 0.255 e. The van der Waals surface area contributed by atoms with E-state index in [0.717, 1.165) is 13.0 Å². The molecule has 0 saturated carbocycles. The van der Waals surface area contributed by atoms with E-state index in [0.29, 0.717) is 28.6 Å². The van der Waals surface area contributed by atoms with E-state index in [9.17, 15) is 4.79 Å². The molecule has 1 amide bonds. The van der Waals surface area contributed by atoms with Gasteiger partial charge in [-0.25, -0.2) is 0 Å². The molecule has 0 radical (unpaired) electrons. The highest BCUT2D eigenvalue weighted by Gasteiger charge is 2.27. The third-order valence-corrected chi connectivity index (χ3v) is 3.94. The van der Waals surface area contributed by atoms with Gasteiger partial charge < -0.3 is 25.8 Å². The molecular weight excluding hydrogens is 294 g/mol. The summed E-state index contributed by atoms with van der Waals surface area (Å²) in [5.41, 5.74) is 6.46. The lowest BCUT2D eigenvalue weighted by molar-refractivity contribution is 0.0476. The monoisotopic (exact) mass is 313 g/mol. The van der Waals surface area contributed by atoms with Crippen LogP contribution in [0.3, 0.4) is 0 Å². The molecule has 1 heterocycles. The molecular formula is C14H20ClN3O3. The van der Waals surface area contributed by atoms with Crippen LogP contribution in [0.1, 0.15) is 16.8 Å². The van der Waals surface area contributed by atoms with Gasteiger partial charge in [0.25, 0.3) is 5.91 Å². The number of ether oxygens (including phenoxy) is 2. The Kier molecular flexibility index (Phi) is 5.27. The van der Waals surface area contributed by atoms with Crippen LogP contribution in [0.25, 0.3) is 0 Å². The van der Waals surface area contributed by atoms with E-state index in [4.69, 9.17) is 26.8 Å². The van der Waals surface area contributed by atoms with Crippen LogP contribution in [0.4, 0.5) is 5.69 Å². The second-order valence-corrected chi connectivity index (χ2v) is 5.33. The number of rotatable bonds is 4. The van der Waals surface area contributed by atoms with E-state index in [1.54, 1.807) is 13.2 Å². The maximum atomic E-state index is 12.5. The second-order valence-electron chi connectivity index (χ2n) is 4.92. The third-order valence-electron chi connectivity index (χ3n) is 3.61. The molecule has 0 aromatic heterocycles. The SMILES string of the molecule is COc1cc(N)c(Cl)cc1C(=O)N[C@@H]1CCNC[C@H]1OC. The number of halogens is 1. The molecule has 0 unspecified atom stereocenters. The summed E-state index contributed by atoms with van der Waals surface area (Å²) in [6, 6.07) is 3.02. The number of benzene rings is 1. The summed E-state index contributed by atoms with van der Waals surface area (Å²) >= 11 is 5.99. The second kappa shape index (κ2) is 6.98. The van der Waals surface area contributed by atoms with Crippen molar-refractivity contribution in [2.24, 2.45) is 0 Å². The summed E-state index contributed by atoms with van der Waals surface area (Å²) in [5.74, 6) is 0.153. The lowest BCUT2D eigenvalue weighted by Crippen LogP contribution is -2.53. The van der Waals surface area contributed by atoms with Gasteiger partial charge in [0.2, 0.25) is 0 Å². The lowest BCUT2D eigenvalue weighted by atomic mass is 10.0. The zero-order valence-electron chi connectivity index (χ0n) is 12.1. The Morgan fingerprint density at radius 1 is 1.48 bits per heavy atom. The average molecular weight is 314 g/mol. The van der Waals surface area contributed by atoms with Gasteiger partial charge in [-0.3, -0.25) is 4.79 Å². The number of nitrogen functional groups attached to an aromatic ring is 1. The van der Waals surface area contributed by atoms with Crippen molar-refractivity contribution >= 4 is 23.2 Å². The molecule has 1 saturated heterocycles. The summed E-state index contributed by atoms with van der Waals surface area (Å²) < 4.78 is 10.6. The van der Waals surface area contributed by atoms with E-state index in [1.165, 1.54) is 13.2 Å². The van der Waals surface area contributed by atoms with Crippen LogP contribution in [-0.4, -0.2) is 45.4 Å². The Hall–Kier alpha value is -1.50. The van der Waals surface area contributed by atoms with Gasteiger partial charge >= 0.3 is 0 Å². The number of nitrogens with one attached hydrogen (secondary N) is 2. The largest absolute Gasteiger partial charge is 0.496 e. The van der Waals surface area contributed by atoms with Crippen LogP contribution in [0.15, 0.2) is 12.1 Å². The highest BCUT2D eigenvalue weighted by Crippen LogP contribution is 2.29. The van der Waals surface area contributed by atoms with E-state index < -0.39 is 0 Å². The number of methoxy groups -OCH3 is 2. The van der Waals surface area contributed by atoms with Gasteiger partial charge in [0, 0.05) is 19.7 Å². The fourth-order valence-corrected chi connectivity index (χ4v) is 2.57. The molecule has 1 fully saturated rings. The summed E-state index contributed by atoms with van der Waals surface area (Å²) in [6.07, 6.45) is 0.743. The molecule has 0 aliphatic carbocycles. The summed E-state index contributed by atoms with van der Waals surface area (Å²) in [7, 11) is 3.12. The van der Waals surface area contributed by atoms with Crippen LogP contribution in [-0.2, 0) is 4.74 Å². The molecule has 6 nitrogen and oxygen atoms in total. The molecule has 21 heavy (non-hydrogen) atoms. The summed E-state index contributed by atoms with van der Waals surface area (Å²) in [4.78, 5) is 12.5. The molecule has 1 aliphatic heterocycles. The first-order chi connectivity index (χ1) is 10.1. The molecule has 4 N–H and O–H groups in total. The number of amides is 1. The molecule has 116 valence electrons. The van der Waals surface area contributed by atoms with Gasteiger partial charge in [0.1, 0.15) is 5.75 Å². The summed E-state index contributed by atoms with van der Waals surface area (Å²) in [6.45, 7) is 1.55. The first-order valence-corrected chi connectivity index (χ1v) is 7.12. The van der Waals surface area contributed by atoms with Crippen LogP contribution in [0, 0.1) is 0 Å². The Morgan fingerprint density at radius 3 is 2.90 bits per heavy atom. The zero-order chi connectivity index (χ0) is 15.4. The Balaban J connectivity index is 2.18. The van der Waals surface area contributed by atoms with E-state index in [1.807, 2.05) is 0 Å². The van der Waals surface area contributed by atoms with Crippen LogP contribution in [0.5, 0.6) is 5.75 Å². The Morgan fingerprint density at radius 2 is 2.24 bits per heavy atom. The zero-order valence-corrected chi connectivity index (χ0v) is 12.9. The van der Waals surface area contributed by atoms with Gasteiger partial charge in [0.05, 0.1) is 35.5 Å². The molecule has 0 bridgehead atoms. The topological polar surface area (TPSA) is 85.6 Å². The van der Waals surface area contributed by atoms with E-state index in [-0.39, 0.29) is 18.1 Å². The van der Waals surface area contributed by atoms with Gasteiger partial charge in [-0.15, -0.1) is 0 Å². The number of hydrogen-bond donors (Lipinski definition) is 3. The van der Waals surface area contributed by atoms with Crippen molar-refractivity contribution in [3.8, 4) is 5.75 Å². The Labute approximate surface area is 128 Å². The van der Waals surface area contributed by atoms with Crippen LogP contribution < -0.4 is 21.1 Å². The average Bonchev–Trinajstić information content (AvgIpc) is 2.50. The number of hydrogen-bond acceptors (Lipinski definition) is 5. The van der Waals surface area contributed by atoms with Crippen LogP contribution >= 0.6 is 11.6 Å². The Bertz CT molecular complexity index is 524. The molecule has 1 aliphatic rings. The van der Waals surface area contributed by atoms with E-state index in [2.05, 4.69) is 10.6 Å². The predicted octanol–water partition coefficient (Wildman–Crippen LogP) is 1.04. The first kappa shape index (κ1) is 15.9. The lowest BCUT2D eigenvalue weighted by Gasteiger charge is -2.31. The molecule has 1 aromatic rings. The van der Waals surface area contributed by atoms with Crippen molar-refractivity contribution in [2.45, 2.75) is 18.6 Å². The van der Waals surface area contributed by atoms with Crippen LogP contribution in [0.2, 0.25) is 5.02 Å². The standard InChI is InChI=1S/C14H20ClN3O3/c1-20-12-6-10(16)9(15)5-8(12)14(19)18-11-3-4-17-7-13(11)21-2/h5-6,11,13,17H,3-4,7,16H2,1-2H3,(H,18,19)/t11-,13-/m1/s1. The van der Waals surface area contributed by atoms with Crippen molar-refractivity contribution in [1.82, 2.24) is 10.6 Å². The number of carbonyl (C=O) groups excluding carboxylic acids is 1. The first-order valence-electron chi connectivity index (χ1n) is 6.74. The number of piperidine rings is 1. The van der Waals surface area contributed by atoms with Crippen molar-refractivity contribution in [2.75, 3.05) is 33.0 Å². The molecule has 0 spiro atoms. The highest BCUT2D eigenvalue weighted by atomic mass is 35.5. The fraction of sp³-hybridized carbons (Fsp3) is 0.500. The van der Waals surface area contributed by atoms with Gasteiger partial charge in [0.15, 0.2) is 0 Å². The maximum absolute atomic E-state index is 12.5. The maximum Gasteiger partial charge on any atom is 0.255 e. The number of anilines is 1. The van der Waals surface area contributed by atoms with Gasteiger partial charge in [-0.1, -0.05) is 11.6 Å². The number of carbonyl (C=O) groups is 1. The summed E-state index contributed by atoms with van der Waals surface area (Å²) in [5, 5.41) is 6.53.